The third-order valence-electron chi connectivity index (χ3n) is 4.26. The Kier molecular flexibility index (Phi) is 6.71. The number of aromatic nitrogens is 3. The van der Waals surface area contributed by atoms with E-state index in [9.17, 15) is 9.18 Å². The van der Waals surface area contributed by atoms with E-state index < -0.39 is 0 Å². The van der Waals surface area contributed by atoms with Crippen molar-refractivity contribution in [1.29, 1.82) is 0 Å². The predicted octanol–water partition coefficient (Wildman–Crippen LogP) is 3.19. The third kappa shape index (κ3) is 4.86. The molecule has 0 bridgehead atoms. The van der Waals surface area contributed by atoms with Crippen molar-refractivity contribution in [3.8, 4) is 11.5 Å². The summed E-state index contributed by atoms with van der Waals surface area (Å²) in [7, 11) is 4.84. The molecule has 9 heteroatoms. The molecule has 3 rings (SSSR count). The van der Waals surface area contributed by atoms with Gasteiger partial charge in [-0.15, -0.1) is 10.2 Å². The minimum atomic E-state index is -0.302. The van der Waals surface area contributed by atoms with E-state index in [1.165, 1.54) is 38.1 Å². The van der Waals surface area contributed by atoms with Crippen molar-refractivity contribution in [3.63, 3.8) is 0 Å². The summed E-state index contributed by atoms with van der Waals surface area (Å²) < 4.78 is 25.3. The number of ether oxygens (including phenoxy) is 2. The number of halogens is 1. The molecular weight excluding hydrogens is 395 g/mol. The van der Waals surface area contributed by atoms with Gasteiger partial charge < -0.3 is 19.4 Å². The van der Waals surface area contributed by atoms with Gasteiger partial charge in [-0.05, 0) is 29.8 Å². The zero-order valence-electron chi connectivity index (χ0n) is 16.3. The molecule has 1 amide bonds. The van der Waals surface area contributed by atoms with E-state index in [0.717, 1.165) is 5.56 Å². The van der Waals surface area contributed by atoms with Crippen LogP contribution in [0, 0.1) is 5.82 Å². The molecule has 0 spiro atoms. The maximum absolute atomic E-state index is 13.0. The average Bonchev–Trinajstić information content (AvgIpc) is 3.10. The summed E-state index contributed by atoms with van der Waals surface area (Å²) in [5.41, 5.74) is 1.36. The number of benzene rings is 2. The van der Waals surface area contributed by atoms with E-state index in [-0.39, 0.29) is 18.3 Å². The van der Waals surface area contributed by atoms with Gasteiger partial charge in [-0.25, -0.2) is 4.39 Å². The van der Waals surface area contributed by atoms with Crippen molar-refractivity contribution >= 4 is 17.7 Å². The number of thioether (sulfide) groups is 1. The fraction of sp³-hybridized carbons (Fsp3) is 0.250. The summed E-state index contributed by atoms with van der Waals surface area (Å²) in [4.78, 5) is 12.6. The van der Waals surface area contributed by atoms with Crippen LogP contribution in [0.4, 0.5) is 4.39 Å². The SMILES string of the molecule is COc1cccc(C(=O)NCc2nnc(SCc3ccc(F)cc3)n2C)c1OC. The second-order valence-corrected chi connectivity index (χ2v) is 7.04. The van der Waals surface area contributed by atoms with Crippen molar-refractivity contribution in [3.05, 3.63) is 65.2 Å². The van der Waals surface area contributed by atoms with Crippen LogP contribution < -0.4 is 14.8 Å². The van der Waals surface area contributed by atoms with E-state index >= 15 is 0 Å². The summed E-state index contributed by atoms with van der Waals surface area (Å²) in [6.07, 6.45) is 0. The van der Waals surface area contributed by atoms with Crippen molar-refractivity contribution in [2.45, 2.75) is 17.5 Å². The lowest BCUT2D eigenvalue weighted by molar-refractivity contribution is 0.0946. The molecule has 0 saturated carbocycles. The second-order valence-electron chi connectivity index (χ2n) is 6.10. The molecule has 0 atom stereocenters. The van der Waals surface area contributed by atoms with Gasteiger partial charge in [0.1, 0.15) is 5.82 Å². The van der Waals surface area contributed by atoms with Gasteiger partial charge in [-0.1, -0.05) is 30.0 Å². The molecule has 152 valence electrons. The van der Waals surface area contributed by atoms with Crippen LogP contribution in [0.5, 0.6) is 11.5 Å². The largest absolute Gasteiger partial charge is 0.493 e. The lowest BCUT2D eigenvalue weighted by atomic mass is 10.1. The van der Waals surface area contributed by atoms with E-state index in [1.807, 2.05) is 11.6 Å². The maximum atomic E-state index is 13.0. The molecule has 0 saturated heterocycles. The molecule has 2 aromatic carbocycles. The van der Waals surface area contributed by atoms with Crippen molar-refractivity contribution in [2.75, 3.05) is 14.2 Å². The Labute approximate surface area is 172 Å². The fourth-order valence-corrected chi connectivity index (χ4v) is 3.56. The number of nitrogens with one attached hydrogen (secondary N) is 1. The summed E-state index contributed by atoms with van der Waals surface area (Å²) >= 11 is 1.49. The predicted molar refractivity (Wildman–Crippen MR) is 108 cm³/mol. The Morgan fingerprint density at radius 2 is 1.90 bits per heavy atom. The van der Waals surface area contributed by atoms with Crippen LogP contribution in [0.25, 0.3) is 0 Å². The van der Waals surface area contributed by atoms with Crippen LogP contribution in [0.15, 0.2) is 47.6 Å². The molecule has 1 N–H and O–H groups in total. The molecule has 0 radical (unpaired) electrons. The van der Waals surface area contributed by atoms with Gasteiger partial charge in [0.2, 0.25) is 0 Å². The number of amides is 1. The lowest BCUT2D eigenvalue weighted by Crippen LogP contribution is -2.25. The first-order chi connectivity index (χ1) is 14.0. The number of para-hydroxylation sites is 1. The first-order valence-electron chi connectivity index (χ1n) is 8.78. The summed E-state index contributed by atoms with van der Waals surface area (Å²) in [6, 6.07) is 11.5. The zero-order valence-corrected chi connectivity index (χ0v) is 17.1. The van der Waals surface area contributed by atoms with Crippen LogP contribution in [-0.4, -0.2) is 34.9 Å². The van der Waals surface area contributed by atoms with Gasteiger partial charge in [-0.2, -0.15) is 0 Å². The average molecular weight is 416 g/mol. The van der Waals surface area contributed by atoms with Gasteiger partial charge in [0.05, 0.1) is 26.3 Å². The smallest absolute Gasteiger partial charge is 0.255 e. The highest BCUT2D eigenvalue weighted by molar-refractivity contribution is 7.98. The Morgan fingerprint density at radius 1 is 1.14 bits per heavy atom. The molecule has 1 heterocycles. The standard InChI is InChI=1S/C20H21FN4O3S/c1-25-17(23-24-20(25)29-12-13-7-9-14(21)10-8-13)11-22-19(26)15-5-4-6-16(27-2)18(15)28-3/h4-10H,11-12H2,1-3H3,(H,22,26). The quantitative estimate of drug-likeness (QED) is 0.568. The fourth-order valence-electron chi connectivity index (χ4n) is 2.67. The van der Waals surface area contributed by atoms with Crippen molar-refractivity contribution in [1.82, 2.24) is 20.1 Å². The van der Waals surface area contributed by atoms with E-state index in [2.05, 4.69) is 15.5 Å². The van der Waals surface area contributed by atoms with Crippen LogP contribution in [0.1, 0.15) is 21.7 Å². The molecule has 29 heavy (non-hydrogen) atoms. The summed E-state index contributed by atoms with van der Waals surface area (Å²) in [6.45, 7) is 0.208. The van der Waals surface area contributed by atoms with Crippen LogP contribution in [0.2, 0.25) is 0 Å². The first-order valence-corrected chi connectivity index (χ1v) is 9.76. The highest BCUT2D eigenvalue weighted by atomic mass is 32.2. The third-order valence-corrected chi connectivity index (χ3v) is 5.35. The van der Waals surface area contributed by atoms with Gasteiger partial charge in [0.15, 0.2) is 22.5 Å². The monoisotopic (exact) mass is 416 g/mol. The Morgan fingerprint density at radius 3 is 2.59 bits per heavy atom. The molecule has 0 aliphatic carbocycles. The highest BCUT2D eigenvalue weighted by Gasteiger charge is 2.17. The normalized spacial score (nSPS) is 10.6. The molecule has 1 aromatic heterocycles. The van der Waals surface area contributed by atoms with Gasteiger partial charge in [0.25, 0.3) is 5.91 Å². The number of carbonyl (C=O) groups is 1. The minimum Gasteiger partial charge on any atom is -0.493 e. The summed E-state index contributed by atoms with van der Waals surface area (Å²) in [5.74, 6) is 1.55. The molecular formula is C20H21FN4O3S. The zero-order chi connectivity index (χ0) is 20.8. The summed E-state index contributed by atoms with van der Waals surface area (Å²) in [5, 5.41) is 11.8. The Bertz CT molecular complexity index is 992. The molecule has 0 aliphatic rings. The highest BCUT2D eigenvalue weighted by Crippen LogP contribution is 2.30. The van der Waals surface area contributed by atoms with E-state index in [1.54, 1.807) is 30.3 Å². The Hall–Kier alpha value is -3.07. The second kappa shape index (κ2) is 9.42. The first kappa shape index (κ1) is 20.7. The van der Waals surface area contributed by atoms with E-state index in [0.29, 0.717) is 33.8 Å². The van der Waals surface area contributed by atoms with Gasteiger partial charge >= 0.3 is 0 Å². The van der Waals surface area contributed by atoms with Gasteiger partial charge in [0, 0.05) is 12.8 Å². The number of hydrogen-bond donors (Lipinski definition) is 1. The van der Waals surface area contributed by atoms with Gasteiger partial charge in [-0.3, -0.25) is 4.79 Å². The topological polar surface area (TPSA) is 78.3 Å². The molecule has 7 nitrogen and oxygen atoms in total. The van der Waals surface area contributed by atoms with E-state index in [4.69, 9.17) is 9.47 Å². The van der Waals surface area contributed by atoms with Crippen LogP contribution in [0.3, 0.4) is 0 Å². The molecule has 3 aromatic rings. The lowest BCUT2D eigenvalue weighted by Gasteiger charge is -2.12. The van der Waals surface area contributed by atoms with Crippen molar-refractivity contribution < 1.29 is 18.7 Å². The number of hydrogen-bond acceptors (Lipinski definition) is 6. The molecule has 0 unspecified atom stereocenters. The molecule has 0 fully saturated rings. The number of nitrogens with zero attached hydrogens (tertiary/aromatic N) is 3. The van der Waals surface area contributed by atoms with Crippen LogP contribution in [-0.2, 0) is 19.3 Å². The minimum absolute atomic E-state index is 0.208. The van der Waals surface area contributed by atoms with Crippen molar-refractivity contribution in [2.24, 2.45) is 7.05 Å². The molecule has 0 aliphatic heterocycles. The van der Waals surface area contributed by atoms with Crippen LogP contribution >= 0.6 is 11.8 Å². The number of methoxy groups -OCH3 is 2. The number of carbonyl (C=O) groups excluding carboxylic acids is 1. The number of rotatable bonds is 8. The maximum Gasteiger partial charge on any atom is 0.255 e. The Balaban J connectivity index is 1.63.